The van der Waals surface area contributed by atoms with Gasteiger partial charge in [0.05, 0.1) is 20.1 Å². The first-order chi connectivity index (χ1) is 10.6. The predicted molar refractivity (Wildman–Crippen MR) is 83.8 cm³/mol. The summed E-state index contributed by atoms with van der Waals surface area (Å²) < 4.78 is 5.22. The quantitative estimate of drug-likeness (QED) is 0.840. The van der Waals surface area contributed by atoms with E-state index in [9.17, 15) is 9.59 Å². The summed E-state index contributed by atoms with van der Waals surface area (Å²) in [6.07, 6.45) is 0.208. The molecule has 0 unspecified atom stereocenters. The summed E-state index contributed by atoms with van der Waals surface area (Å²) in [7, 11) is 3.62. The lowest BCUT2D eigenvalue weighted by Crippen LogP contribution is -2.50. The summed E-state index contributed by atoms with van der Waals surface area (Å²) in [6, 6.07) is 7.39. The molecule has 6 nitrogen and oxygen atoms in total. The van der Waals surface area contributed by atoms with Crippen LogP contribution in [0.5, 0.6) is 5.75 Å². The second-order valence-electron chi connectivity index (χ2n) is 5.45. The smallest absolute Gasteiger partial charge is 0.242 e. The van der Waals surface area contributed by atoms with E-state index in [1.165, 1.54) is 0 Å². The molecule has 0 spiro atoms. The Kier molecular flexibility index (Phi) is 5.77. The molecule has 0 bridgehead atoms. The number of carbonyl (C=O) groups excluding carboxylic acids is 2. The van der Waals surface area contributed by atoms with Gasteiger partial charge < -0.3 is 19.9 Å². The van der Waals surface area contributed by atoms with Crippen LogP contribution in [0, 0.1) is 0 Å². The molecule has 0 radical (unpaired) electrons. The lowest BCUT2D eigenvalue weighted by molar-refractivity contribution is -0.134. The van der Waals surface area contributed by atoms with Crippen LogP contribution in [0.4, 0.5) is 0 Å². The fraction of sp³-hybridized carbons (Fsp3) is 0.500. The second kappa shape index (κ2) is 7.79. The number of ether oxygens (including phenoxy) is 1. The van der Waals surface area contributed by atoms with Crippen LogP contribution in [0.1, 0.15) is 5.56 Å². The summed E-state index contributed by atoms with van der Waals surface area (Å²) in [6.45, 7) is 3.24. The van der Waals surface area contributed by atoms with Crippen LogP contribution in [-0.4, -0.2) is 68.5 Å². The predicted octanol–water partition coefficient (Wildman–Crippen LogP) is 0.128. The zero-order valence-electron chi connectivity index (χ0n) is 13.2. The molecule has 0 aliphatic carbocycles. The highest BCUT2D eigenvalue weighted by Crippen LogP contribution is 2.17. The first-order valence-corrected chi connectivity index (χ1v) is 7.45. The minimum Gasteiger partial charge on any atom is -0.496 e. The van der Waals surface area contributed by atoms with Crippen molar-refractivity contribution in [2.45, 2.75) is 6.42 Å². The van der Waals surface area contributed by atoms with E-state index in [0.717, 1.165) is 31.7 Å². The molecule has 22 heavy (non-hydrogen) atoms. The van der Waals surface area contributed by atoms with Crippen molar-refractivity contribution in [2.24, 2.45) is 0 Å². The summed E-state index contributed by atoms with van der Waals surface area (Å²) in [5, 5.41) is 2.69. The molecule has 2 rings (SSSR count). The number of hydrogen-bond donors (Lipinski definition) is 1. The minimum atomic E-state index is -0.174. The maximum absolute atomic E-state index is 12.1. The van der Waals surface area contributed by atoms with E-state index >= 15 is 0 Å². The van der Waals surface area contributed by atoms with Crippen molar-refractivity contribution in [1.82, 2.24) is 15.1 Å². The van der Waals surface area contributed by atoms with E-state index in [-0.39, 0.29) is 24.8 Å². The standard InChI is InChI=1S/C16H23N3O3/c1-18-7-9-19(10-8-18)16(21)12-17-15(20)11-13-5-3-4-6-14(13)22-2/h3-6H,7-12H2,1-2H3,(H,17,20). The van der Waals surface area contributed by atoms with Crippen LogP contribution in [0.2, 0.25) is 0 Å². The number of rotatable bonds is 5. The molecule has 1 aliphatic heterocycles. The minimum absolute atomic E-state index is 0.0264. The number of hydrogen-bond acceptors (Lipinski definition) is 4. The van der Waals surface area contributed by atoms with Gasteiger partial charge in [-0.25, -0.2) is 0 Å². The number of amides is 2. The number of nitrogens with one attached hydrogen (secondary N) is 1. The van der Waals surface area contributed by atoms with Gasteiger partial charge in [0.1, 0.15) is 5.75 Å². The monoisotopic (exact) mass is 305 g/mol. The molecule has 1 fully saturated rings. The Morgan fingerprint density at radius 2 is 1.86 bits per heavy atom. The molecule has 1 aromatic rings. The van der Waals surface area contributed by atoms with Gasteiger partial charge in [-0.05, 0) is 13.1 Å². The Morgan fingerprint density at radius 1 is 1.18 bits per heavy atom. The van der Waals surface area contributed by atoms with E-state index in [0.29, 0.717) is 5.75 Å². The molecule has 0 aromatic heterocycles. The number of para-hydroxylation sites is 1. The van der Waals surface area contributed by atoms with Crippen molar-refractivity contribution < 1.29 is 14.3 Å². The lowest BCUT2D eigenvalue weighted by Gasteiger charge is -2.32. The molecule has 1 aromatic carbocycles. The molecular formula is C16H23N3O3. The van der Waals surface area contributed by atoms with Crippen molar-refractivity contribution in [2.75, 3.05) is 46.9 Å². The average molecular weight is 305 g/mol. The van der Waals surface area contributed by atoms with Crippen LogP contribution in [-0.2, 0) is 16.0 Å². The van der Waals surface area contributed by atoms with Crippen LogP contribution in [0.15, 0.2) is 24.3 Å². The topological polar surface area (TPSA) is 61.9 Å². The number of nitrogens with zero attached hydrogens (tertiary/aromatic N) is 2. The third kappa shape index (κ3) is 4.46. The van der Waals surface area contributed by atoms with Crippen LogP contribution >= 0.6 is 0 Å². The Hall–Kier alpha value is -2.08. The van der Waals surface area contributed by atoms with E-state index in [1.54, 1.807) is 12.0 Å². The Labute approximate surface area is 131 Å². The van der Waals surface area contributed by atoms with Gasteiger partial charge in [0.2, 0.25) is 11.8 Å². The van der Waals surface area contributed by atoms with Crippen LogP contribution in [0.25, 0.3) is 0 Å². The summed E-state index contributed by atoms with van der Waals surface area (Å²) >= 11 is 0. The zero-order chi connectivity index (χ0) is 15.9. The zero-order valence-corrected chi connectivity index (χ0v) is 13.2. The first-order valence-electron chi connectivity index (χ1n) is 7.45. The van der Waals surface area contributed by atoms with E-state index in [2.05, 4.69) is 10.2 Å². The summed E-state index contributed by atoms with van der Waals surface area (Å²) in [4.78, 5) is 28.0. The fourth-order valence-electron chi connectivity index (χ4n) is 2.43. The highest BCUT2D eigenvalue weighted by atomic mass is 16.5. The number of carbonyl (C=O) groups is 2. The van der Waals surface area contributed by atoms with Crippen molar-refractivity contribution >= 4 is 11.8 Å². The number of piperazine rings is 1. The molecule has 6 heteroatoms. The van der Waals surface area contributed by atoms with Gasteiger partial charge in [0.25, 0.3) is 0 Å². The van der Waals surface area contributed by atoms with Crippen molar-refractivity contribution in [3.63, 3.8) is 0 Å². The highest BCUT2D eigenvalue weighted by Gasteiger charge is 2.19. The number of likely N-dealkylation sites (N-methyl/N-ethyl adjacent to an activating group) is 1. The van der Waals surface area contributed by atoms with Crippen LogP contribution < -0.4 is 10.1 Å². The Morgan fingerprint density at radius 3 is 2.55 bits per heavy atom. The van der Waals surface area contributed by atoms with Gasteiger partial charge in [-0.3, -0.25) is 9.59 Å². The van der Waals surface area contributed by atoms with Crippen molar-refractivity contribution in [3.8, 4) is 5.75 Å². The largest absolute Gasteiger partial charge is 0.496 e. The molecule has 1 aliphatic rings. The Bertz CT molecular complexity index is 525. The SMILES string of the molecule is COc1ccccc1CC(=O)NCC(=O)N1CCN(C)CC1. The number of methoxy groups -OCH3 is 1. The van der Waals surface area contributed by atoms with Gasteiger partial charge in [0, 0.05) is 31.7 Å². The average Bonchev–Trinajstić information content (AvgIpc) is 2.54. The second-order valence-corrected chi connectivity index (χ2v) is 5.45. The highest BCUT2D eigenvalue weighted by molar-refractivity contribution is 5.86. The van der Waals surface area contributed by atoms with Gasteiger partial charge in [-0.1, -0.05) is 18.2 Å². The third-order valence-corrected chi connectivity index (χ3v) is 3.84. The third-order valence-electron chi connectivity index (χ3n) is 3.84. The van der Waals surface area contributed by atoms with Gasteiger partial charge in [-0.2, -0.15) is 0 Å². The van der Waals surface area contributed by atoms with E-state index < -0.39 is 0 Å². The van der Waals surface area contributed by atoms with Gasteiger partial charge in [0.15, 0.2) is 0 Å². The normalized spacial score (nSPS) is 15.5. The fourth-order valence-corrected chi connectivity index (χ4v) is 2.43. The maximum Gasteiger partial charge on any atom is 0.242 e. The molecule has 0 atom stereocenters. The molecule has 1 N–H and O–H groups in total. The van der Waals surface area contributed by atoms with Gasteiger partial charge in [-0.15, -0.1) is 0 Å². The summed E-state index contributed by atoms with van der Waals surface area (Å²) in [5.41, 5.74) is 0.814. The molecular weight excluding hydrogens is 282 g/mol. The van der Waals surface area contributed by atoms with E-state index in [1.807, 2.05) is 31.3 Å². The lowest BCUT2D eigenvalue weighted by atomic mass is 10.1. The Balaban J connectivity index is 1.79. The first kappa shape index (κ1) is 16.3. The molecule has 1 heterocycles. The van der Waals surface area contributed by atoms with E-state index in [4.69, 9.17) is 4.74 Å². The maximum atomic E-state index is 12.1. The van der Waals surface area contributed by atoms with Crippen molar-refractivity contribution in [1.29, 1.82) is 0 Å². The van der Waals surface area contributed by atoms with Gasteiger partial charge >= 0.3 is 0 Å². The molecule has 2 amide bonds. The molecule has 120 valence electrons. The summed E-state index contributed by atoms with van der Waals surface area (Å²) in [5.74, 6) is 0.483. The van der Waals surface area contributed by atoms with Crippen molar-refractivity contribution in [3.05, 3.63) is 29.8 Å². The molecule has 1 saturated heterocycles. The molecule has 0 saturated carbocycles. The number of benzene rings is 1. The van der Waals surface area contributed by atoms with Crippen LogP contribution in [0.3, 0.4) is 0 Å².